The third-order valence-corrected chi connectivity index (χ3v) is 5.34. The Hall–Kier alpha value is -2.36. The Labute approximate surface area is 157 Å². The average Bonchev–Trinajstić information content (AvgIpc) is 2.62. The molecule has 0 bridgehead atoms. The maximum atomic E-state index is 12.5. The molecule has 0 atom stereocenters. The van der Waals surface area contributed by atoms with Crippen molar-refractivity contribution in [3.63, 3.8) is 0 Å². The molecule has 0 unspecified atom stereocenters. The van der Waals surface area contributed by atoms with Crippen molar-refractivity contribution in [2.75, 3.05) is 19.7 Å². The summed E-state index contributed by atoms with van der Waals surface area (Å²) in [5.41, 5.74) is 4.11. The van der Waals surface area contributed by atoms with Crippen molar-refractivity contribution in [2.45, 2.75) is 6.92 Å². The van der Waals surface area contributed by atoms with Crippen LogP contribution in [0.1, 0.15) is 15.9 Å². The number of likely N-dealkylation sites (tertiary alicyclic amines) is 1. The van der Waals surface area contributed by atoms with Crippen LogP contribution in [-0.4, -0.2) is 35.6 Å². The fourth-order valence-electron chi connectivity index (χ4n) is 3.49. The van der Waals surface area contributed by atoms with E-state index in [1.807, 2.05) is 36.4 Å². The predicted octanol–water partition coefficient (Wildman–Crippen LogP) is 4.53. The molecule has 0 radical (unpaired) electrons. The third kappa shape index (κ3) is 3.09. The van der Waals surface area contributed by atoms with Crippen LogP contribution in [0.5, 0.6) is 0 Å². The van der Waals surface area contributed by atoms with Gasteiger partial charge in [-0.25, -0.2) is 0 Å². The summed E-state index contributed by atoms with van der Waals surface area (Å²) in [7, 11) is 0. The van der Waals surface area contributed by atoms with Crippen LogP contribution in [0.15, 0.2) is 54.6 Å². The third-order valence-electron chi connectivity index (χ3n) is 5.10. The Bertz CT molecular complexity index is 993. The van der Waals surface area contributed by atoms with Gasteiger partial charge in [0.15, 0.2) is 0 Å². The second-order valence-electron chi connectivity index (χ2n) is 6.99. The van der Waals surface area contributed by atoms with E-state index in [-0.39, 0.29) is 18.4 Å². The van der Waals surface area contributed by atoms with E-state index in [9.17, 15) is 4.79 Å². The van der Waals surface area contributed by atoms with Gasteiger partial charge in [-0.3, -0.25) is 4.79 Å². The summed E-state index contributed by atoms with van der Waals surface area (Å²) >= 11 is 6.15. The first-order valence-corrected chi connectivity index (χ1v) is 9.13. The topological polar surface area (TPSA) is 40.5 Å². The predicted molar refractivity (Wildman–Crippen MR) is 106 cm³/mol. The molecule has 3 aromatic rings. The fraction of sp³-hybridized carbons (Fsp3) is 0.227. The zero-order valence-electron chi connectivity index (χ0n) is 14.6. The van der Waals surface area contributed by atoms with E-state index in [1.54, 1.807) is 4.90 Å². The van der Waals surface area contributed by atoms with Crippen molar-refractivity contribution in [3.05, 3.63) is 70.7 Å². The summed E-state index contributed by atoms with van der Waals surface area (Å²) in [6, 6.07) is 18.0. The first kappa shape index (κ1) is 17.1. The first-order valence-electron chi connectivity index (χ1n) is 8.75. The molecule has 1 fully saturated rings. The summed E-state index contributed by atoms with van der Waals surface area (Å²) in [5, 5.41) is 12.0. The van der Waals surface area contributed by atoms with E-state index >= 15 is 0 Å². The number of hydrogen-bond donors (Lipinski definition) is 1. The number of hydrogen-bond acceptors (Lipinski definition) is 2. The Kier molecular flexibility index (Phi) is 4.43. The van der Waals surface area contributed by atoms with Crippen molar-refractivity contribution in [1.29, 1.82) is 0 Å². The van der Waals surface area contributed by atoms with Gasteiger partial charge in [-0.2, -0.15) is 0 Å². The van der Waals surface area contributed by atoms with Crippen LogP contribution in [-0.2, 0) is 0 Å². The number of carbonyl (C=O) groups excluding carboxylic acids is 1. The number of nitrogens with zero attached hydrogens (tertiary/aromatic N) is 1. The second kappa shape index (κ2) is 6.75. The lowest BCUT2D eigenvalue weighted by Gasteiger charge is -2.38. The molecule has 0 aliphatic carbocycles. The van der Waals surface area contributed by atoms with Gasteiger partial charge in [0.2, 0.25) is 0 Å². The Balaban J connectivity index is 1.64. The minimum Gasteiger partial charge on any atom is -0.396 e. The Morgan fingerprint density at radius 3 is 2.58 bits per heavy atom. The molecular weight excluding hydrogens is 346 g/mol. The Morgan fingerprint density at radius 2 is 1.81 bits per heavy atom. The number of aliphatic hydroxyl groups excluding tert-OH is 1. The summed E-state index contributed by atoms with van der Waals surface area (Å²) in [6.45, 7) is 3.50. The largest absolute Gasteiger partial charge is 0.396 e. The molecule has 4 heteroatoms. The molecule has 1 aliphatic rings. The molecule has 1 N–H and O–H groups in total. The van der Waals surface area contributed by atoms with Gasteiger partial charge in [0, 0.05) is 36.2 Å². The molecule has 1 aliphatic heterocycles. The van der Waals surface area contributed by atoms with Crippen LogP contribution >= 0.6 is 11.6 Å². The minimum atomic E-state index is 0.0337. The van der Waals surface area contributed by atoms with Gasteiger partial charge in [-0.05, 0) is 64.7 Å². The van der Waals surface area contributed by atoms with Gasteiger partial charge in [0.1, 0.15) is 0 Å². The summed E-state index contributed by atoms with van der Waals surface area (Å²) in [6.07, 6.45) is 0. The number of amides is 1. The number of halogens is 1. The van der Waals surface area contributed by atoms with Crippen LogP contribution in [0.4, 0.5) is 0 Å². The maximum Gasteiger partial charge on any atom is 0.253 e. The Morgan fingerprint density at radius 1 is 1.08 bits per heavy atom. The molecule has 3 nitrogen and oxygen atoms in total. The second-order valence-corrected chi connectivity index (χ2v) is 7.43. The molecular formula is C22H20ClNO2. The molecule has 1 saturated heterocycles. The van der Waals surface area contributed by atoms with Gasteiger partial charge in [-0.15, -0.1) is 0 Å². The van der Waals surface area contributed by atoms with Crippen LogP contribution in [0.3, 0.4) is 0 Å². The van der Waals surface area contributed by atoms with E-state index in [1.165, 1.54) is 5.56 Å². The smallest absolute Gasteiger partial charge is 0.253 e. The molecule has 3 aromatic carbocycles. The molecule has 1 heterocycles. The minimum absolute atomic E-state index is 0.0337. The SMILES string of the molecule is Cc1ccc(Cl)cc1-c1ccc2cc(C(=O)N3CC(CO)C3)ccc2c1. The number of carbonyl (C=O) groups is 1. The number of benzene rings is 3. The fourth-order valence-corrected chi connectivity index (χ4v) is 3.66. The van der Waals surface area contributed by atoms with Gasteiger partial charge >= 0.3 is 0 Å². The molecule has 0 spiro atoms. The number of aliphatic hydroxyl groups is 1. The van der Waals surface area contributed by atoms with E-state index in [0.717, 1.165) is 26.9 Å². The van der Waals surface area contributed by atoms with E-state index in [2.05, 4.69) is 25.1 Å². The van der Waals surface area contributed by atoms with Crippen molar-refractivity contribution in [2.24, 2.45) is 5.92 Å². The molecule has 4 rings (SSSR count). The van der Waals surface area contributed by atoms with E-state index < -0.39 is 0 Å². The zero-order chi connectivity index (χ0) is 18.3. The summed E-state index contributed by atoms with van der Waals surface area (Å²) in [4.78, 5) is 14.3. The molecule has 0 saturated carbocycles. The highest BCUT2D eigenvalue weighted by Crippen LogP contribution is 2.30. The van der Waals surface area contributed by atoms with Gasteiger partial charge in [-0.1, -0.05) is 35.9 Å². The van der Waals surface area contributed by atoms with Crippen molar-refractivity contribution < 1.29 is 9.90 Å². The number of aryl methyl sites for hydroxylation is 1. The van der Waals surface area contributed by atoms with Crippen molar-refractivity contribution in [1.82, 2.24) is 4.90 Å². The molecule has 1 amide bonds. The van der Waals surface area contributed by atoms with Gasteiger partial charge in [0.25, 0.3) is 5.91 Å². The van der Waals surface area contributed by atoms with Crippen molar-refractivity contribution in [3.8, 4) is 11.1 Å². The standard InChI is InChI=1S/C22H20ClNO2/c1-14-2-7-20(23)10-21(14)18-5-3-17-9-19(6-4-16(17)8-18)22(26)24-11-15(12-24)13-25/h2-10,15,25H,11-13H2,1H3. The summed E-state index contributed by atoms with van der Waals surface area (Å²) < 4.78 is 0. The number of rotatable bonds is 3. The van der Waals surface area contributed by atoms with Gasteiger partial charge in [0.05, 0.1) is 0 Å². The van der Waals surface area contributed by atoms with Crippen LogP contribution < -0.4 is 0 Å². The highest BCUT2D eigenvalue weighted by atomic mass is 35.5. The molecule has 0 aromatic heterocycles. The highest BCUT2D eigenvalue weighted by Gasteiger charge is 2.30. The normalized spacial score (nSPS) is 14.5. The van der Waals surface area contributed by atoms with E-state index in [4.69, 9.17) is 16.7 Å². The summed E-state index contributed by atoms with van der Waals surface area (Å²) in [5.74, 6) is 0.259. The lowest BCUT2D eigenvalue weighted by molar-refractivity contribution is 0.0362. The zero-order valence-corrected chi connectivity index (χ0v) is 15.3. The lowest BCUT2D eigenvalue weighted by Crippen LogP contribution is -2.51. The van der Waals surface area contributed by atoms with Crippen molar-refractivity contribution >= 4 is 28.3 Å². The maximum absolute atomic E-state index is 12.5. The first-order chi connectivity index (χ1) is 12.5. The lowest BCUT2D eigenvalue weighted by atomic mass is 9.96. The van der Waals surface area contributed by atoms with Gasteiger partial charge < -0.3 is 10.0 Å². The van der Waals surface area contributed by atoms with Crippen LogP contribution in [0.2, 0.25) is 5.02 Å². The monoisotopic (exact) mass is 365 g/mol. The molecule has 132 valence electrons. The van der Waals surface area contributed by atoms with E-state index in [0.29, 0.717) is 18.7 Å². The van der Waals surface area contributed by atoms with Crippen LogP contribution in [0.25, 0.3) is 21.9 Å². The molecule has 26 heavy (non-hydrogen) atoms. The van der Waals surface area contributed by atoms with Crippen LogP contribution in [0, 0.1) is 12.8 Å². The quantitative estimate of drug-likeness (QED) is 0.740. The highest BCUT2D eigenvalue weighted by molar-refractivity contribution is 6.30. The average molecular weight is 366 g/mol. The number of fused-ring (bicyclic) bond motifs is 1.